The molecular weight excluding hydrogens is 212 g/mol. The third-order valence-electron chi connectivity index (χ3n) is 2.88. The average Bonchev–Trinajstić information content (AvgIpc) is 2.25. The summed E-state index contributed by atoms with van der Waals surface area (Å²) in [7, 11) is 0. The Morgan fingerprint density at radius 3 is 2.71 bits per heavy atom. The van der Waals surface area contributed by atoms with Crippen LogP contribution in [0.3, 0.4) is 0 Å². The molecule has 2 N–H and O–H groups in total. The van der Waals surface area contributed by atoms with Gasteiger partial charge in [-0.2, -0.15) is 5.26 Å². The second-order valence-electron chi connectivity index (χ2n) is 5.18. The number of hydrogen-bond donors (Lipinski definition) is 2. The van der Waals surface area contributed by atoms with Crippen molar-refractivity contribution in [2.75, 3.05) is 11.9 Å². The number of hydrogen-bond acceptors (Lipinski definition) is 3. The van der Waals surface area contributed by atoms with E-state index in [-0.39, 0.29) is 11.2 Å². The molecule has 17 heavy (non-hydrogen) atoms. The van der Waals surface area contributed by atoms with E-state index in [2.05, 4.69) is 25.2 Å². The van der Waals surface area contributed by atoms with Crippen molar-refractivity contribution in [2.24, 2.45) is 5.41 Å². The van der Waals surface area contributed by atoms with E-state index < -0.39 is 0 Å². The van der Waals surface area contributed by atoms with Gasteiger partial charge in [0.05, 0.1) is 6.07 Å². The molecule has 1 rings (SSSR count). The summed E-state index contributed by atoms with van der Waals surface area (Å²) in [6.07, 6.45) is 1.47. The highest BCUT2D eigenvalue weighted by molar-refractivity contribution is 5.53. The number of aromatic hydroxyl groups is 1. The maximum absolute atomic E-state index is 9.32. The van der Waals surface area contributed by atoms with Crippen molar-refractivity contribution in [3.8, 4) is 11.8 Å². The lowest BCUT2D eigenvalue weighted by molar-refractivity contribution is 0.363. The predicted molar refractivity (Wildman–Crippen MR) is 70.0 cm³/mol. The highest BCUT2D eigenvalue weighted by Gasteiger charge is 2.17. The van der Waals surface area contributed by atoms with Crippen LogP contribution in [0.15, 0.2) is 18.2 Å². The molecule has 92 valence electrons. The van der Waals surface area contributed by atoms with Gasteiger partial charge in [0.15, 0.2) is 0 Å². The molecule has 0 heterocycles. The molecule has 0 unspecified atom stereocenters. The second-order valence-corrected chi connectivity index (χ2v) is 5.18. The second kappa shape index (κ2) is 5.58. The number of aryl methyl sites for hydroxylation is 1. The fraction of sp³-hybridized carbons (Fsp3) is 0.500. The minimum atomic E-state index is 0.0973. The number of rotatable bonds is 5. The smallest absolute Gasteiger partial charge is 0.115 e. The molecule has 0 bridgehead atoms. The first kappa shape index (κ1) is 13.4. The molecule has 0 atom stereocenters. The molecule has 0 aromatic heterocycles. The lowest BCUT2D eigenvalue weighted by Crippen LogP contribution is -2.23. The van der Waals surface area contributed by atoms with Crippen LogP contribution in [0.5, 0.6) is 5.75 Å². The molecule has 0 saturated carbocycles. The van der Waals surface area contributed by atoms with E-state index in [1.54, 1.807) is 12.1 Å². The zero-order valence-electron chi connectivity index (χ0n) is 10.7. The number of phenolic OH excluding ortho intramolecular Hbond substituents is 1. The highest BCUT2D eigenvalue weighted by atomic mass is 16.3. The van der Waals surface area contributed by atoms with E-state index in [0.717, 1.165) is 24.2 Å². The van der Waals surface area contributed by atoms with E-state index in [4.69, 9.17) is 5.26 Å². The Balaban J connectivity index is 2.58. The van der Waals surface area contributed by atoms with Gasteiger partial charge in [0.2, 0.25) is 0 Å². The summed E-state index contributed by atoms with van der Waals surface area (Å²) < 4.78 is 0. The first-order chi connectivity index (χ1) is 7.94. The van der Waals surface area contributed by atoms with E-state index >= 15 is 0 Å². The normalized spacial score (nSPS) is 10.9. The summed E-state index contributed by atoms with van der Waals surface area (Å²) in [4.78, 5) is 0. The Labute approximate surface area is 103 Å². The minimum absolute atomic E-state index is 0.0973. The van der Waals surface area contributed by atoms with Crippen molar-refractivity contribution < 1.29 is 5.11 Å². The minimum Gasteiger partial charge on any atom is -0.508 e. The monoisotopic (exact) mass is 232 g/mol. The standard InChI is InChI=1S/C14H20N2O/c1-11-9-12(17)5-6-13(11)16-10-14(2,3)7-4-8-15/h5-6,9,16-17H,4,7,10H2,1-3H3. The highest BCUT2D eigenvalue weighted by Crippen LogP contribution is 2.25. The van der Waals surface area contributed by atoms with Crippen LogP contribution in [0.1, 0.15) is 32.3 Å². The maximum atomic E-state index is 9.32. The van der Waals surface area contributed by atoms with Crippen molar-refractivity contribution in [3.05, 3.63) is 23.8 Å². The summed E-state index contributed by atoms with van der Waals surface area (Å²) in [5.74, 6) is 0.289. The van der Waals surface area contributed by atoms with Gasteiger partial charge in [-0.15, -0.1) is 0 Å². The van der Waals surface area contributed by atoms with Crippen molar-refractivity contribution in [3.63, 3.8) is 0 Å². The van der Waals surface area contributed by atoms with Gasteiger partial charge in [-0.25, -0.2) is 0 Å². The lowest BCUT2D eigenvalue weighted by Gasteiger charge is -2.25. The van der Waals surface area contributed by atoms with Crippen LogP contribution >= 0.6 is 0 Å². The Kier molecular flexibility index (Phi) is 4.39. The SMILES string of the molecule is Cc1cc(O)ccc1NCC(C)(C)CCC#N. The molecule has 0 fully saturated rings. The van der Waals surface area contributed by atoms with Gasteiger partial charge < -0.3 is 10.4 Å². The number of phenols is 1. The number of benzene rings is 1. The van der Waals surface area contributed by atoms with Gasteiger partial charge in [-0.3, -0.25) is 0 Å². The fourth-order valence-corrected chi connectivity index (χ4v) is 1.66. The van der Waals surface area contributed by atoms with Gasteiger partial charge in [-0.1, -0.05) is 13.8 Å². The molecule has 0 spiro atoms. The molecule has 0 radical (unpaired) electrons. The molecule has 1 aromatic carbocycles. The van der Waals surface area contributed by atoms with Gasteiger partial charge in [-0.05, 0) is 42.5 Å². The summed E-state index contributed by atoms with van der Waals surface area (Å²) in [5.41, 5.74) is 2.16. The van der Waals surface area contributed by atoms with Crippen LogP contribution in [-0.4, -0.2) is 11.7 Å². The van der Waals surface area contributed by atoms with Gasteiger partial charge >= 0.3 is 0 Å². The topological polar surface area (TPSA) is 56.0 Å². The van der Waals surface area contributed by atoms with E-state index in [0.29, 0.717) is 6.42 Å². The molecule has 0 aliphatic rings. The zero-order chi connectivity index (χ0) is 12.9. The van der Waals surface area contributed by atoms with Crippen LogP contribution in [0.2, 0.25) is 0 Å². The van der Waals surface area contributed by atoms with Gasteiger partial charge in [0.25, 0.3) is 0 Å². The summed E-state index contributed by atoms with van der Waals surface area (Å²) in [6, 6.07) is 7.48. The van der Waals surface area contributed by atoms with E-state index in [1.165, 1.54) is 0 Å². The molecule has 3 nitrogen and oxygen atoms in total. The Morgan fingerprint density at radius 1 is 1.41 bits per heavy atom. The molecule has 0 aliphatic heterocycles. The average molecular weight is 232 g/mol. The van der Waals surface area contributed by atoms with Crippen molar-refractivity contribution in [1.82, 2.24) is 0 Å². The predicted octanol–water partition coefficient (Wildman–Crippen LogP) is 3.44. The van der Waals surface area contributed by atoms with Gasteiger partial charge in [0, 0.05) is 18.7 Å². The number of nitriles is 1. The van der Waals surface area contributed by atoms with Crippen molar-refractivity contribution >= 4 is 5.69 Å². The van der Waals surface area contributed by atoms with Crippen LogP contribution in [0.4, 0.5) is 5.69 Å². The first-order valence-electron chi connectivity index (χ1n) is 5.85. The molecule has 0 amide bonds. The first-order valence-corrected chi connectivity index (χ1v) is 5.85. The lowest BCUT2D eigenvalue weighted by atomic mass is 9.88. The van der Waals surface area contributed by atoms with Crippen LogP contribution in [0.25, 0.3) is 0 Å². The summed E-state index contributed by atoms with van der Waals surface area (Å²) >= 11 is 0. The largest absolute Gasteiger partial charge is 0.508 e. The molecule has 1 aromatic rings. The number of nitrogens with one attached hydrogen (secondary N) is 1. The third kappa shape index (κ3) is 4.36. The van der Waals surface area contributed by atoms with Crippen LogP contribution < -0.4 is 5.32 Å². The molecule has 0 saturated heterocycles. The quantitative estimate of drug-likeness (QED) is 0.764. The summed E-state index contributed by atoms with van der Waals surface area (Å²) in [5, 5.41) is 21.3. The molecular formula is C14H20N2O. The summed E-state index contributed by atoms with van der Waals surface area (Å²) in [6.45, 7) is 7.07. The Bertz CT molecular complexity index is 419. The van der Waals surface area contributed by atoms with Crippen molar-refractivity contribution in [2.45, 2.75) is 33.6 Å². The Morgan fingerprint density at radius 2 is 2.12 bits per heavy atom. The molecule has 0 aliphatic carbocycles. The van der Waals surface area contributed by atoms with Crippen LogP contribution in [0, 0.1) is 23.7 Å². The molecule has 3 heteroatoms. The Hall–Kier alpha value is -1.69. The zero-order valence-corrected chi connectivity index (χ0v) is 10.7. The fourth-order valence-electron chi connectivity index (χ4n) is 1.66. The van der Waals surface area contributed by atoms with E-state index in [1.807, 2.05) is 13.0 Å². The number of nitrogens with zero attached hydrogens (tertiary/aromatic N) is 1. The van der Waals surface area contributed by atoms with Gasteiger partial charge in [0.1, 0.15) is 5.75 Å². The number of anilines is 1. The third-order valence-corrected chi connectivity index (χ3v) is 2.88. The van der Waals surface area contributed by atoms with E-state index in [9.17, 15) is 5.11 Å². The van der Waals surface area contributed by atoms with Crippen molar-refractivity contribution in [1.29, 1.82) is 5.26 Å². The maximum Gasteiger partial charge on any atom is 0.115 e. The van der Waals surface area contributed by atoms with Crippen LogP contribution in [-0.2, 0) is 0 Å².